The number of amides is 1. The van der Waals surface area contributed by atoms with Gasteiger partial charge < -0.3 is 9.64 Å². The van der Waals surface area contributed by atoms with Crippen LogP contribution in [0.25, 0.3) is 0 Å². The number of nitrogens with zero attached hydrogens (tertiary/aromatic N) is 3. The zero-order valence-electron chi connectivity index (χ0n) is 19.7. The Hall–Kier alpha value is -3.64. The highest BCUT2D eigenvalue weighted by Gasteiger charge is 2.31. The maximum atomic E-state index is 12.7. The van der Waals surface area contributed by atoms with Crippen LogP contribution in [0.4, 0.5) is 0 Å². The molecule has 2 aliphatic rings. The van der Waals surface area contributed by atoms with Crippen molar-refractivity contribution in [2.75, 3.05) is 32.8 Å². The Kier molecular flexibility index (Phi) is 6.32. The van der Waals surface area contributed by atoms with Gasteiger partial charge in [-0.3, -0.25) is 15.1 Å². The molecular formula is C28H30N4O2. The first kappa shape index (κ1) is 22.2. The first-order valence-electron chi connectivity index (χ1n) is 11.8. The van der Waals surface area contributed by atoms with Crippen LogP contribution in [-0.4, -0.2) is 54.2 Å². The number of hydrogen-bond donors (Lipinski definition) is 1. The molecule has 6 nitrogen and oxygen atoms in total. The molecule has 0 aliphatic carbocycles. The van der Waals surface area contributed by atoms with Gasteiger partial charge >= 0.3 is 0 Å². The fraction of sp³-hybridized carbons (Fsp3) is 0.286. The van der Waals surface area contributed by atoms with Crippen LogP contribution in [0.2, 0.25) is 0 Å². The maximum absolute atomic E-state index is 12.7. The number of carbonyl (C=O) groups is 1. The van der Waals surface area contributed by atoms with E-state index in [4.69, 9.17) is 9.84 Å². The zero-order valence-corrected chi connectivity index (χ0v) is 19.7. The molecule has 2 heterocycles. The predicted molar refractivity (Wildman–Crippen MR) is 134 cm³/mol. The SMILES string of the molecule is Cc1ccc(C2=NNC(N3CCN(C(=O)COc4cccc(C)c4)CC3)c3ccccc32)cc1. The lowest BCUT2D eigenvalue weighted by atomic mass is 9.94. The van der Waals surface area contributed by atoms with Crippen LogP contribution in [-0.2, 0) is 4.79 Å². The highest BCUT2D eigenvalue weighted by atomic mass is 16.5. The monoisotopic (exact) mass is 454 g/mol. The first-order chi connectivity index (χ1) is 16.6. The Bertz CT molecular complexity index is 1200. The lowest BCUT2D eigenvalue weighted by Gasteiger charge is -2.40. The van der Waals surface area contributed by atoms with Gasteiger partial charge in [0.25, 0.3) is 5.91 Å². The summed E-state index contributed by atoms with van der Waals surface area (Å²) in [4.78, 5) is 17.0. The minimum Gasteiger partial charge on any atom is -0.484 e. The number of nitrogens with one attached hydrogen (secondary N) is 1. The van der Waals surface area contributed by atoms with Gasteiger partial charge in [0.1, 0.15) is 11.9 Å². The van der Waals surface area contributed by atoms with Gasteiger partial charge in [-0.05, 0) is 37.1 Å². The van der Waals surface area contributed by atoms with Crippen molar-refractivity contribution in [1.29, 1.82) is 0 Å². The smallest absolute Gasteiger partial charge is 0.260 e. The van der Waals surface area contributed by atoms with Crippen LogP contribution in [0.3, 0.4) is 0 Å². The Morgan fingerprint density at radius 1 is 0.941 bits per heavy atom. The van der Waals surface area contributed by atoms with Gasteiger partial charge in [-0.2, -0.15) is 5.10 Å². The molecule has 0 spiro atoms. The molecule has 6 heteroatoms. The molecular weight excluding hydrogens is 424 g/mol. The third-order valence-corrected chi connectivity index (χ3v) is 6.52. The van der Waals surface area contributed by atoms with Crippen molar-refractivity contribution in [3.05, 3.63) is 101 Å². The number of piperazine rings is 1. The van der Waals surface area contributed by atoms with E-state index in [1.54, 1.807) is 0 Å². The summed E-state index contributed by atoms with van der Waals surface area (Å²) in [7, 11) is 0. The average Bonchev–Trinajstić information content (AvgIpc) is 2.87. The lowest BCUT2D eigenvalue weighted by molar-refractivity contribution is -0.135. The van der Waals surface area contributed by atoms with Gasteiger partial charge in [-0.15, -0.1) is 0 Å². The minimum absolute atomic E-state index is 0.00815. The Labute approximate surface area is 200 Å². The quantitative estimate of drug-likeness (QED) is 0.636. The van der Waals surface area contributed by atoms with Crippen LogP contribution in [0, 0.1) is 13.8 Å². The van der Waals surface area contributed by atoms with Crippen molar-refractivity contribution in [2.24, 2.45) is 5.10 Å². The molecule has 1 unspecified atom stereocenters. The molecule has 0 aromatic heterocycles. The molecule has 3 aromatic carbocycles. The number of benzene rings is 3. The second kappa shape index (κ2) is 9.69. The fourth-order valence-corrected chi connectivity index (χ4v) is 4.59. The van der Waals surface area contributed by atoms with Crippen molar-refractivity contribution in [2.45, 2.75) is 20.0 Å². The maximum Gasteiger partial charge on any atom is 0.260 e. The second-order valence-corrected chi connectivity index (χ2v) is 8.97. The highest BCUT2D eigenvalue weighted by Crippen LogP contribution is 2.29. The summed E-state index contributed by atoms with van der Waals surface area (Å²) >= 11 is 0. The standard InChI is InChI=1S/C28H30N4O2/c1-20-10-12-22(13-11-20)27-24-8-3-4-9-25(24)28(30-29-27)32-16-14-31(15-17-32)26(33)19-34-23-7-5-6-21(2)18-23/h3-13,18,28,30H,14-17,19H2,1-2H3. The van der Waals surface area contributed by atoms with Gasteiger partial charge in [0.15, 0.2) is 6.61 Å². The number of rotatable bonds is 5. The normalized spacial score (nSPS) is 18.0. The van der Waals surface area contributed by atoms with E-state index in [1.165, 1.54) is 11.1 Å². The van der Waals surface area contributed by atoms with Crippen LogP contribution in [0.1, 0.15) is 34.0 Å². The van der Waals surface area contributed by atoms with E-state index in [9.17, 15) is 4.79 Å². The molecule has 34 heavy (non-hydrogen) atoms. The zero-order chi connectivity index (χ0) is 23.5. The Morgan fingerprint density at radius 3 is 2.47 bits per heavy atom. The summed E-state index contributed by atoms with van der Waals surface area (Å²) in [6.07, 6.45) is -0.00815. The van der Waals surface area contributed by atoms with E-state index in [0.717, 1.165) is 41.2 Å². The van der Waals surface area contributed by atoms with Crippen LogP contribution in [0.15, 0.2) is 77.9 Å². The molecule has 5 rings (SSSR count). The van der Waals surface area contributed by atoms with Crippen LogP contribution in [0.5, 0.6) is 5.75 Å². The van der Waals surface area contributed by atoms with E-state index in [-0.39, 0.29) is 18.7 Å². The van der Waals surface area contributed by atoms with E-state index < -0.39 is 0 Å². The third kappa shape index (κ3) is 4.68. The number of aryl methyl sites for hydroxylation is 2. The van der Waals surface area contributed by atoms with Crippen molar-refractivity contribution in [3.63, 3.8) is 0 Å². The third-order valence-electron chi connectivity index (χ3n) is 6.52. The topological polar surface area (TPSA) is 57.2 Å². The predicted octanol–water partition coefficient (Wildman–Crippen LogP) is 3.88. The van der Waals surface area contributed by atoms with Gasteiger partial charge in [-0.1, -0.05) is 66.2 Å². The van der Waals surface area contributed by atoms with Crippen LogP contribution < -0.4 is 10.2 Å². The number of hydrazone groups is 1. The molecule has 174 valence electrons. The van der Waals surface area contributed by atoms with Crippen molar-refractivity contribution >= 4 is 11.6 Å². The van der Waals surface area contributed by atoms with Gasteiger partial charge in [0.2, 0.25) is 0 Å². The summed E-state index contributed by atoms with van der Waals surface area (Å²) in [5.74, 6) is 0.759. The number of carbonyl (C=O) groups excluding carboxylic acids is 1. The van der Waals surface area contributed by atoms with Crippen molar-refractivity contribution in [1.82, 2.24) is 15.2 Å². The van der Waals surface area contributed by atoms with Crippen molar-refractivity contribution in [3.8, 4) is 5.75 Å². The largest absolute Gasteiger partial charge is 0.484 e. The fourth-order valence-electron chi connectivity index (χ4n) is 4.59. The van der Waals surface area contributed by atoms with E-state index in [0.29, 0.717) is 13.1 Å². The van der Waals surface area contributed by atoms with E-state index >= 15 is 0 Å². The number of fused-ring (bicyclic) bond motifs is 1. The van der Waals surface area contributed by atoms with Crippen LogP contribution >= 0.6 is 0 Å². The molecule has 1 saturated heterocycles. The van der Waals surface area contributed by atoms with E-state index in [2.05, 4.69) is 65.8 Å². The summed E-state index contributed by atoms with van der Waals surface area (Å²) in [5.41, 5.74) is 10.2. The second-order valence-electron chi connectivity index (χ2n) is 8.97. The Morgan fingerprint density at radius 2 is 1.71 bits per heavy atom. The highest BCUT2D eigenvalue weighted by molar-refractivity contribution is 6.14. The summed E-state index contributed by atoms with van der Waals surface area (Å²) in [6.45, 7) is 7.07. The summed E-state index contributed by atoms with van der Waals surface area (Å²) in [5, 5.41) is 4.78. The average molecular weight is 455 g/mol. The van der Waals surface area contributed by atoms with Gasteiger partial charge in [0, 0.05) is 37.3 Å². The Balaban J connectivity index is 1.23. The van der Waals surface area contributed by atoms with Crippen molar-refractivity contribution < 1.29 is 9.53 Å². The van der Waals surface area contributed by atoms with E-state index in [1.807, 2.05) is 36.1 Å². The van der Waals surface area contributed by atoms with Gasteiger partial charge in [0.05, 0.1) is 5.71 Å². The molecule has 0 bridgehead atoms. The molecule has 1 amide bonds. The number of ether oxygens (including phenoxy) is 1. The van der Waals surface area contributed by atoms with Gasteiger partial charge in [-0.25, -0.2) is 0 Å². The lowest BCUT2D eigenvalue weighted by Crippen LogP contribution is -2.53. The molecule has 0 radical (unpaired) electrons. The molecule has 0 saturated carbocycles. The first-order valence-corrected chi connectivity index (χ1v) is 11.8. The molecule has 2 aliphatic heterocycles. The summed E-state index contributed by atoms with van der Waals surface area (Å²) < 4.78 is 5.72. The molecule has 3 aromatic rings. The summed E-state index contributed by atoms with van der Waals surface area (Å²) in [6, 6.07) is 24.7. The molecule has 1 fully saturated rings. The molecule has 1 atom stereocenters. The minimum atomic E-state index is -0.00815. The molecule has 1 N–H and O–H groups in total. The number of hydrogen-bond acceptors (Lipinski definition) is 5.